The molecule has 0 aliphatic heterocycles. The molecule has 1 aromatic carbocycles. The van der Waals surface area contributed by atoms with Gasteiger partial charge >= 0.3 is 0 Å². The molecular weight excluding hydrogens is 330 g/mol. The van der Waals surface area contributed by atoms with Gasteiger partial charge in [0.15, 0.2) is 5.82 Å². The fraction of sp³-hybridized carbons (Fsp3) is 0.0833. The van der Waals surface area contributed by atoms with Gasteiger partial charge in [-0.3, -0.25) is 0 Å². The Bertz CT molecular complexity index is 519. The fourth-order valence-corrected chi connectivity index (χ4v) is 1.17. The van der Waals surface area contributed by atoms with E-state index >= 15 is 0 Å². The second-order valence-electron chi connectivity index (χ2n) is 3.18. The lowest BCUT2D eigenvalue weighted by Gasteiger charge is -1.98. The van der Waals surface area contributed by atoms with Crippen molar-refractivity contribution < 1.29 is 0 Å². The van der Waals surface area contributed by atoms with Crippen LogP contribution < -0.4 is 11.5 Å². The SMILES string of the molecule is CBr.Cl.Nc1ccc(N=Nc2ccccc2)c(N)n1. The first-order valence-corrected chi connectivity index (χ1v) is 6.71. The normalized spacial score (nSPS) is 9.37. The number of aromatic nitrogens is 1. The van der Waals surface area contributed by atoms with Gasteiger partial charge in [0.2, 0.25) is 0 Å². The minimum Gasteiger partial charge on any atom is -0.384 e. The topological polar surface area (TPSA) is 89.6 Å². The van der Waals surface area contributed by atoms with Gasteiger partial charge in [-0.1, -0.05) is 34.1 Å². The van der Waals surface area contributed by atoms with Gasteiger partial charge in [-0.05, 0) is 30.1 Å². The number of alkyl halides is 1. The highest BCUT2D eigenvalue weighted by atomic mass is 79.9. The highest BCUT2D eigenvalue weighted by Gasteiger charge is 1.98. The Kier molecular flexibility index (Phi) is 8.48. The monoisotopic (exact) mass is 343 g/mol. The number of pyridine rings is 1. The van der Waals surface area contributed by atoms with E-state index in [-0.39, 0.29) is 18.2 Å². The molecule has 2 aromatic rings. The summed E-state index contributed by atoms with van der Waals surface area (Å²) in [5.41, 5.74) is 12.4. The molecule has 102 valence electrons. The molecule has 0 aliphatic carbocycles. The van der Waals surface area contributed by atoms with E-state index in [0.717, 1.165) is 5.69 Å². The van der Waals surface area contributed by atoms with Crippen molar-refractivity contribution in [3.05, 3.63) is 42.5 Å². The van der Waals surface area contributed by atoms with Crippen LogP contribution in [0.1, 0.15) is 0 Å². The van der Waals surface area contributed by atoms with Gasteiger partial charge in [0.05, 0.1) is 5.69 Å². The lowest BCUT2D eigenvalue weighted by Crippen LogP contribution is -1.95. The zero-order valence-corrected chi connectivity index (χ0v) is 12.7. The molecule has 0 saturated heterocycles. The van der Waals surface area contributed by atoms with Crippen LogP contribution in [0.25, 0.3) is 0 Å². The van der Waals surface area contributed by atoms with Crippen LogP contribution in [-0.4, -0.2) is 10.8 Å². The predicted molar refractivity (Wildman–Crippen MR) is 85.8 cm³/mol. The molecular formula is C12H15BrClN5. The van der Waals surface area contributed by atoms with E-state index in [1.165, 1.54) is 0 Å². The van der Waals surface area contributed by atoms with Crippen molar-refractivity contribution in [2.24, 2.45) is 10.2 Å². The van der Waals surface area contributed by atoms with Crippen molar-refractivity contribution in [1.29, 1.82) is 0 Å². The highest BCUT2D eigenvalue weighted by Crippen LogP contribution is 2.23. The van der Waals surface area contributed by atoms with E-state index in [1.54, 1.807) is 12.1 Å². The molecule has 0 spiro atoms. The molecule has 1 aromatic heterocycles. The maximum atomic E-state index is 5.64. The second-order valence-corrected chi connectivity index (χ2v) is 3.18. The van der Waals surface area contributed by atoms with Gasteiger partial charge in [-0.25, -0.2) is 4.98 Å². The second kappa shape index (κ2) is 9.29. The van der Waals surface area contributed by atoms with Crippen molar-refractivity contribution in [3.63, 3.8) is 0 Å². The first kappa shape index (κ1) is 17.3. The Labute approximate surface area is 126 Å². The third-order valence-electron chi connectivity index (χ3n) is 1.95. The predicted octanol–water partition coefficient (Wildman–Crippen LogP) is 4.09. The summed E-state index contributed by atoms with van der Waals surface area (Å²) in [4.78, 5) is 3.89. The van der Waals surface area contributed by atoms with Gasteiger partial charge in [-0.15, -0.1) is 17.5 Å². The van der Waals surface area contributed by atoms with Gasteiger partial charge in [-0.2, -0.15) is 5.11 Å². The summed E-state index contributed by atoms with van der Waals surface area (Å²) < 4.78 is 0. The van der Waals surface area contributed by atoms with Crippen molar-refractivity contribution >= 4 is 51.3 Å². The third kappa shape index (κ3) is 5.67. The van der Waals surface area contributed by atoms with Gasteiger partial charge in [0.25, 0.3) is 0 Å². The molecule has 0 fully saturated rings. The van der Waals surface area contributed by atoms with E-state index in [0.29, 0.717) is 11.5 Å². The Hall–Kier alpha value is -1.66. The average Bonchev–Trinajstić information content (AvgIpc) is 2.41. The molecule has 2 rings (SSSR count). The maximum Gasteiger partial charge on any atom is 0.153 e. The first-order valence-electron chi connectivity index (χ1n) is 5.12. The fourth-order valence-electron chi connectivity index (χ4n) is 1.17. The molecule has 4 N–H and O–H groups in total. The molecule has 19 heavy (non-hydrogen) atoms. The van der Waals surface area contributed by atoms with Crippen LogP contribution in [0.3, 0.4) is 0 Å². The average molecular weight is 345 g/mol. The van der Waals surface area contributed by atoms with Crippen LogP contribution in [0.4, 0.5) is 23.0 Å². The zero-order chi connectivity index (χ0) is 13.4. The van der Waals surface area contributed by atoms with Crippen molar-refractivity contribution in [2.75, 3.05) is 17.3 Å². The van der Waals surface area contributed by atoms with Crippen molar-refractivity contribution in [3.8, 4) is 0 Å². The number of nitrogens with two attached hydrogens (primary N) is 2. The Morgan fingerprint density at radius 2 is 1.58 bits per heavy atom. The minimum atomic E-state index is 0. The van der Waals surface area contributed by atoms with E-state index in [2.05, 4.69) is 31.1 Å². The molecule has 0 unspecified atom stereocenters. The third-order valence-corrected chi connectivity index (χ3v) is 1.95. The lowest BCUT2D eigenvalue weighted by molar-refractivity contribution is 1.21. The van der Waals surface area contributed by atoms with Crippen LogP contribution in [0.2, 0.25) is 0 Å². The molecule has 7 heteroatoms. The standard InChI is InChI=1S/C11H11N5.CH3Br.ClH/c12-10-7-6-9(11(13)14-10)16-15-8-4-2-1-3-5-8;1-2;/h1-7H,(H4,12,13,14);1H3;1H. The number of nitrogen functional groups attached to an aromatic ring is 2. The molecule has 0 radical (unpaired) electrons. The largest absolute Gasteiger partial charge is 0.384 e. The highest BCUT2D eigenvalue weighted by molar-refractivity contribution is 9.08. The van der Waals surface area contributed by atoms with Crippen LogP contribution in [0.5, 0.6) is 0 Å². The number of halogens is 2. The van der Waals surface area contributed by atoms with E-state index < -0.39 is 0 Å². The summed E-state index contributed by atoms with van der Waals surface area (Å²) in [6.07, 6.45) is 0. The number of nitrogens with zero attached hydrogens (tertiary/aromatic N) is 3. The zero-order valence-electron chi connectivity index (χ0n) is 10.3. The first-order chi connectivity index (χ1) is 8.75. The molecule has 5 nitrogen and oxygen atoms in total. The number of hydrogen-bond donors (Lipinski definition) is 2. The molecule has 0 saturated carbocycles. The van der Waals surface area contributed by atoms with Crippen LogP contribution in [0.15, 0.2) is 52.7 Å². The minimum absolute atomic E-state index is 0. The number of azo groups is 1. The summed E-state index contributed by atoms with van der Waals surface area (Å²) in [5, 5.41) is 8.03. The molecule has 0 atom stereocenters. The van der Waals surface area contributed by atoms with Gasteiger partial charge < -0.3 is 11.5 Å². The quantitative estimate of drug-likeness (QED) is 0.635. The summed E-state index contributed by atoms with van der Waals surface area (Å²) in [6.45, 7) is 0. The van der Waals surface area contributed by atoms with E-state index in [4.69, 9.17) is 11.5 Å². The molecule has 0 amide bonds. The van der Waals surface area contributed by atoms with Crippen LogP contribution >= 0.6 is 28.3 Å². The molecule has 0 aliphatic rings. The number of hydrogen-bond acceptors (Lipinski definition) is 5. The van der Waals surface area contributed by atoms with E-state index in [1.807, 2.05) is 36.2 Å². The Morgan fingerprint density at radius 3 is 2.16 bits per heavy atom. The Balaban J connectivity index is 0.00000103. The van der Waals surface area contributed by atoms with Gasteiger partial charge in [0.1, 0.15) is 11.5 Å². The summed E-state index contributed by atoms with van der Waals surface area (Å²) in [6, 6.07) is 12.7. The smallest absolute Gasteiger partial charge is 0.153 e. The number of benzene rings is 1. The molecule has 0 bridgehead atoms. The van der Waals surface area contributed by atoms with E-state index in [9.17, 15) is 0 Å². The van der Waals surface area contributed by atoms with Crippen molar-refractivity contribution in [1.82, 2.24) is 4.98 Å². The number of anilines is 2. The number of rotatable bonds is 2. The molecule has 1 heterocycles. The maximum absolute atomic E-state index is 5.64. The summed E-state index contributed by atoms with van der Waals surface area (Å²) >= 11 is 2.94. The van der Waals surface area contributed by atoms with Crippen LogP contribution in [-0.2, 0) is 0 Å². The van der Waals surface area contributed by atoms with Gasteiger partial charge in [0, 0.05) is 0 Å². The Morgan fingerprint density at radius 1 is 0.947 bits per heavy atom. The lowest BCUT2D eigenvalue weighted by atomic mass is 10.3. The van der Waals surface area contributed by atoms with Crippen molar-refractivity contribution in [2.45, 2.75) is 0 Å². The summed E-state index contributed by atoms with van der Waals surface area (Å²) in [5.74, 6) is 2.46. The summed E-state index contributed by atoms with van der Waals surface area (Å²) in [7, 11) is 0. The van der Waals surface area contributed by atoms with Crippen LogP contribution in [0, 0.1) is 0 Å².